The predicted octanol–water partition coefficient (Wildman–Crippen LogP) is 1.97. The van der Waals surface area contributed by atoms with E-state index in [9.17, 15) is 4.79 Å². The van der Waals surface area contributed by atoms with E-state index >= 15 is 0 Å². The normalized spacial score (nSPS) is 15.1. The van der Waals surface area contributed by atoms with Crippen molar-refractivity contribution in [1.29, 1.82) is 5.26 Å². The minimum atomic E-state index is -0.608. The Hall–Kier alpha value is -5.02. The molecule has 3 heterocycles. The van der Waals surface area contributed by atoms with Crippen molar-refractivity contribution in [2.45, 2.75) is 6.04 Å². The van der Waals surface area contributed by atoms with E-state index < -0.39 is 6.04 Å². The number of aromatic nitrogens is 4. The van der Waals surface area contributed by atoms with Gasteiger partial charge in [0.05, 0.1) is 37.7 Å². The monoisotopic (exact) mass is 511 g/mol. The molecule has 12 heteroatoms. The molecule has 12 nitrogen and oxygen atoms in total. The fraction of sp³-hybridized carbons (Fsp3) is 0.231. The molecule has 0 spiro atoms. The Labute approximate surface area is 218 Å². The van der Waals surface area contributed by atoms with Gasteiger partial charge in [0.1, 0.15) is 6.04 Å². The molecule has 1 saturated heterocycles. The number of amides is 1. The zero-order chi connectivity index (χ0) is 26.6. The van der Waals surface area contributed by atoms with E-state index in [0.29, 0.717) is 65.1 Å². The van der Waals surface area contributed by atoms with E-state index in [1.165, 1.54) is 0 Å². The predicted molar refractivity (Wildman–Crippen MR) is 142 cm³/mol. The minimum Gasteiger partial charge on any atom is -0.493 e. The minimum absolute atomic E-state index is 0.0328. The second-order valence-electron chi connectivity index (χ2n) is 8.49. The quantitative estimate of drug-likeness (QED) is 0.347. The number of nitrogen functional groups attached to an aromatic ring is 1. The highest BCUT2D eigenvalue weighted by Gasteiger charge is 2.32. The van der Waals surface area contributed by atoms with Crippen LogP contribution >= 0.6 is 0 Å². The molecule has 1 fully saturated rings. The molecule has 1 amide bonds. The van der Waals surface area contributed by atoms with Crippen molar-refractivity contribution in [2.24, 2.45) is 0 Å². The van der Waals surface area contributed by atoms with Gasteiger partial charge in [-0.25, -0.2) is 9.97 Å². The molecule has 38 heavy (non-hydrogen) atoms. The Morgan fingerprint density at radius 3 is 2.66 bits per heavy atom. The second-order valence-corrected chi connectivity index (χ2v) is 8.49. The number of nitrogens with one attached hydrogen (secondary N) is 2. The first kappa shape index (κ1) is 24.7. The molecule has 1 atom stereocenters. The number of hydrogen-bond acceptors (Lipinski definition) is 11. The summed E-state index contributed by atoms with van der Waals surface area (Å²) in [6.07, 6.45) is 1.60. The van der Waals surface area contributed by atoms with Crippen molar-refractivity contribution in [1.82, 2.24) is 25.3 Å². The third kappa shape index (κ3) is 4.82. The van der Waals surface area contributed by atoms with Crippen molar-refractivity contribution in [3.8, 4) is 28.8 Å². The highest BCUT2D eigenvalue weighted by atomic mass is 16.5. The highest BCUT2D eigenvalue weighted by Crippen LogP contribution is 2.33. The lowest BCUT2D eigenvalue weighted by molar-refractivity contribution is -0.117. The Bertz CT molecular complexity index is 1540. The number of carbonyl (C=O) groups is 1. The molecule has 0 radical (unpaired) electrons. The third-order valence-corrected chi connectivity index (χ3v) is 6.18. The first-order chi connectivity index (χ1) is 18.5. The number of methoxy groups -OCH3 is 2. The highest BCUT2D eigenvalue weighted by molar-refractivity contribution is 5.98. The van der Waals surface area contributed by atoms with Crippen LogP contribution in [-0.2, 0) is 4.79 Å². The fourth-order valence-corrected chi connectivity index (χ4v) is 4.29. The van der Waals surface area contributed by atoms with Crippen LogP contribution in [0.5, 0.6) is 11.5 Å². The van der Waals surface area contributed by atoms with Gasteiger partial charge in [0.2, 0.25) is 11.9 Å². The van der Waals surface area contributed by atoms with Crippen LogP contribution in [0.4, 0.5) is 17.5 Å². The van der Waals surface area contributed by atoms with Crippen LogP contribution in [-0.4, -0.2) is 65.7 Å². The lowest BCUT2D eigenvalue weighted by Crippen LogP contribution is -2.57. The molecule has 2 aromatic carbocycles. The van der Waals surface area contributed by atoms with Crippen LogP contribution in [0.3, 0.4) is 0 Å². The number of nitriles is 1. The maximum atomic E-state index is 13.4. The standard InChI is InChI=1S/C26H25N9O3/c1-37-20-8-5-16(11-21(20)38-2)18-13-30-23-22(32-18)24(34-26(28)33-23)35-10-9-29-14-19(35)25(36)31-17-6-3-15(12-27)4-7-17/h3-8,11,13,19,29H,9-10,14H2,1-2H3,(H,31,36)(H2,28,30,33,34). The van der Waals surface area contributed by atoms with E-state index in [1.807, 2.05) is 17.0 Å². The lowest BCUT2D eigenvalue weighted by atomic mass is 10.1. The van der Waals surface area contributed by atoms with Gasteiger partial charge in [0.25, 0.3) is 0 Å². The number of rotatable bonds is 6. The van der Waals surface area contributed by atoms with Crippen molar-refractivity contribution in [3.63, 3.8) is 0 Å². The van der Waals surface area contributed by atoms with Gasteiger partial charge in [-0.05, 0) is 42.5 Å². The van der Waals surface area contributed by atoms with Crippen molar-refractivity contribution >= 4 is 34.5 Å². The molecule has 4 N–H and O–H groups in total. The lowest BCUT2D eigenvalue weighted by Gasteiger charge is -2.36. The van der Waals surface area contributed by atoms with Gasteiger partial charge in [0, 0.05) is 30.9 Å². The number of hydrogen-bond donors (Lipinski definition) is 3. The molecule has 5 rings (SSSR count). The zero-order valence-corrected chi connectivity index (χ0v) is 20.8. The summed E-state index contributed by atoms with van der Waals surface area (Å²) in [4.78, 5) is 33.3. The van der Waals surface area contributed by atoms with Gasteiger partial charge in [-0.1, -0.05) is 0 Å². The molecule has 0 bridgehead atoms. The van der Waals surface area contributed by atoms with E-state index in [1.54, 1.807) is 50.7 Å². The molecule has 4 aromatic rings. The Kier molecular flexibility index (Phi) is 6.84. The SMILES string of the molecule is COc1ccc(-c2cnc3nc(N)nc(N4CCNCC4C(=O)Nc4ccc(C#N)cc4)c3n2)cc1OC. The van der Waals surface area contributed by atoms with Gasteiger partial charge < -0.3 is 30.7 Å². The molecule has 2 aromatic heterocycles. The summed E-state index contributed by atoms with van der Waals surface area (Å²) in [6, 6.07) is 13.6. The molecule has 1 unspecified atom stereocenters. The summed E-state index contributed by atoms with van der Waals surface area (Å²) in [7, 11) is 3.14. The fourth-order valence-electron chi connectivity index (χ4n) is 4.29. The Morgan fingerprint density at radius 2 is 1.92 bits per heavy atom. The molecular formula is C26H25N9O3. The molecule has 0 aliphatic carbocycles. The van der Waals surface area contributed by atoms with Crippen LogP contribution in [0.2, 0.25) is 0 Å². The van der Waals surface area contributed by atoms with Crippen LogP contribution in [0.25, 0.3) is 22.4 Å². The second kappa shape index (κ2) is 10.5. The number of ether oxygens (including phenoxy) is 2. The molecule has 1 aliphatic rings. The van der Waals surface area contributed by atoms with Gasteiger partial charge in [-0.3, -0.25) is 4.79 Å². The number of carbonyl (C=O) groups excluding carboxylic acids is 1. The van der Waals surface area contributed by atoms with E-state index in [0.717, 1.165) is 5.56 Å². The first-order valence-electron chi connectivity index (χ1n) is 11.8. The number of anilines is 3. The number of benzene rings is 2. The molecular weight excluding hydrogens is 486 g/mol. The molecule has 0 saturated carbocycles. The Balaban J connectivity index is 1.52. The number of nitrogens with zero attached hydrogens (tertiary/aromatic N) is 6. The Morgan fingerprint density at radius 1 is 1.13 bits per heavy atom. The van der Waals surface area contributed by atoms with Crippen LogP contribution in [0.1, 0.15) is 5.56 Å². The third-order valence-electron chi connectivity index (χ3n) is 6.18. The molecule has 1 aliphatic heterocycles. The maximum Gasteiger partial charge on any atom is 0.248 e. The summed E-state index contributed by atoms with van der Waals surface area (Å²) in [5.41, 5.74) is 9.20. The van der Waals surface area contributed by atoms with Gasteiger partial charge in [-0.2, -0.15) is 15.2 Å². The van der Waals surface area contributed by atoms with E-state index in [4.69, 9.17) is 25.5 Å². The van der Waals surface area contributed by atoms with E-state index in [2.05, 4.69) is 31.7 Å². The summed E-state index contributed by atoms with van der Waals surface area (Å²) in [5, 5.41) is 15.2. The number of fused-ring (bicyclic) bond motifs is 1. The van der Waals surface area contributed by atoms with Crippen molar-refractivity contribution < 1.29 is 14.3 Å². The summed E-state index contributed by atoms with van der Waals surface area (Å²) in [5.74, 6) is 1.37. The van der Waals surface area contributed by atoms with Crippen LogP contribution < -0.4 is 30.7 Å². The van der Waals surface area contributed by atoms with Gasteiger partial charge in [0.15, 0.2) is 28.5 Å². The average molecular weight is 512 g/mol. The van der Waals surface area contributed by atoms with Crippen molar-refractivity contribution in [3.05, 3.63) is 54.2 Å². The van der Waals surface area contributed by atoms with Gasteiger partial charge >= 0.3 is 0 Å². The molecule has 192 valence electrons. The average Bonchev–Trinajstić information content (AvgIpc) is 2.96. The summed E-state index contributed by atoms with van der Waals surface area (Å²) < 4.78 is 10.8. The first-order valence-corrected chi connectivity index (χ1v) is 11.8. The van der Waals surface area contributed by atoms with Crippen LogP contribution in [0.15, 0.2) is 48.7 Å². The number of piperazine rings is 1. The smallest absolute Gasteiger partial charge is 0.248 e. The van der Waals surface area contributed by atoms with Gasteiger partial charge in [-0.15, -0.1) is 0 Å². The van der Waals surface area contributed by atoms with Crippen LogP contribution in [0, 0.1) is 11.3 Å². The summed E-state index contributed by atoms with van der Waals surface area (Å²) in [6.45, 7) is 1.50. The maximum absolute atomic E-state index is 13.4. The summed E-state index contributed by atoms with van der Waals surface area (Å²) >= 11 is 0. The van der Waals surface area contributed by atoms with E-state index in [-0.39, 0.29) is 11.9 Å². The zero-order valence-electron chi connectivity index (χ0n) is 20.8. The van der Waals surface area contributed by atoms with Crippen molar-refractivity contribution in [2.75, 3.05) is 49.8 Å². The largest absolute Gasteiger partial charge is 0.493 e. The topological polar surface area (TPSA) is 164 Å². The number of nitrogens with two attached hydrogens (primary N) is 1.